The van der Waals surface area contributed by atoms with Crippen molar-refractivity contribution in [3.63, 3.8) is 0 Å². The summed E-state index contributed by atoms with van der Waals surface area (Å²) in [5.74, 6) is -0.926. The summed E-state index contributed by atoms with van der Waals surface area (Å²) >= 11 is 0. The first-order chi connectivity index (χ1) is 17.8. The van der Waals surface area contributed by atoms with E-state index in [1.807, 2.05) is 39.0 Å². The monoisotopic (exact) mass is 502 g/mol. The first-order valence-corrected chi connectivity index (χ1v) is 11.8. The predicted octanol–water partition coefficient (Wildman–Crippen LogP) is 4.20. The number of anilines is 2. The molecule has 0 bridgehead atoms. The molecule has 0 aliphatic heterocycles. The van der Waals surface area contributed by atoms with Crippen LogP contribution in [0, 0.1) is 13.8 Å². The summed E-state index contributed by atoms with van der Waals surface area (Å²) in [4.78, 5) is 36.4. The second-order valence-corrected chi connectivity index (χ2v) is 8.23. The lowest BCUT2D eigenvalue weighted by Crippen LogP contribution is -2.32. The summed E-state index contributed by atoms with van der Waals surface area (Å²) in [6.45, 7) is 6.42. The van der Waals surface area contributed by atoms with Gasteiger partial charge in [0.1, 0.15) is 11.5 Å². The lowest BCUT2D eigenvalue weighted by Gasteiger charge is -2.09. The number of carbonyl (C=O) groups is 3. The van der Waals surface area contributed by atoms with Crippen molar-refractivity contribution in [3.05, 3.63) is 83.4 Å². The molecule has 0 saturated heterocycles. The number of amides is 3. The Kier molecular flexibility index (Phi) is 9.78. The Balaban J connectivity index is 1.45. The van der Waals surface area contributed by atoms with Gasteiger partial charge in [-0.25, -0.2) is 5.43 Å². The molecule has 9 nitrogen and oxygen atoms in total. The molecule has 192 valence electrons. The molecule has 37 heavy (non-hydrogen) atoms. The molecule has 0 spiro atoms. The van der Waals surface area contributed by atoms with Crippen LogP contribution in [0.15, 0.2) is 71.8 Å². The maximum absolute atomic E-state index is 12.2. The van der Waals surface area contributed by atoms with E-state index in [2.05, 4.69) is 21.2 Å². The molecule has 9 heteroatoms. The zero-order chi connectivity index (χ0) is 26.6. The molecule has 0 unspecified atom stereocenters. The zero-order valence-corrected chi connectivity index (χ0v) is 21.0. The molecule has 3 aromatic rings. The topological polar surface area (TPSA) is 118 Å². The number of hydrogen-bond donors (Lipinski definition) is 3. The van der Waals surface area contributed by atoms with Gasteiger partial charge in [0.25, 0.3) is 5.91 Å². The van der Waals surface area contributed by atoms with E-state index >= 15 is 0 Å². The van der Waals surface area contributed by atoms with Crippen molar-refractivity contribution in [3.8, 4) is 11.5 Å². The lowest BCUT2D eigenvalue weighted by atomic mass is 10.1. The summed E-state index contributed by atoms with van der Waals surface area (Å²) in [6, 6.07) is 19.2. The van der Waals surface area contributed by atoms with Crippen LogP contribution in [0.5, 0.6) is 11.5 Å². The predicted molar refractivity (Wildman–Crippen MR) is 143 cm³/mol. The fourth-order valence-electron chi connectivity index (χ4n) is 3.11. The Morgan fingerprint density at radius 1 is 0.811 bits per heavy atom. The Hall–Kier alpha value is -4.66. The lowest BCUT2D eigenvalue weighted by molar-refractivity contribution is -0.136. The van der Waals surface area contributed by atoms with Gasteiger partial charge in [-0.1, -0.05) is 25.1 Å². The molecule has 3 rings (SSSR count). The van der Waals surface area contributed by atoms with Crippen LogP contribution in [-0.2, 0) is 14.4 Å². The van der Waals surface area contributed by atoms with Crippen molar-refractivity contribution in [2.45, 2.75) is 27.2 Å². The Labute approximate surface area is 215 Å². The largest absolute Gasteiger partial charge is 0.494 e. The molecular weight excluding hydrogens is 472 g/mol. The molecule has 0 radical (unpaired) electrons. The highest BCUT2D eigenvalue weighted by molar-refractivity contribution is 6.39. The summed E-state index contributed by atoms with van der Waals surface area (Å²) in [5, 5.41) is 9.11. The highest BCUT2D eigenvalue weighted by atomic mass is 16.5. The van der Waals surface area contributed by atoms with Gasteiger partial charge in [0.15, 0.2) is 6.61 Å². The molecule has 0 heterocycles. The maximum atomic E-state index is 12.2. The number of hydrazone groups is 1. The Morgan fingerprint density at radius 2 is 1.57 bits per heavy atom. The third-order valence-electron chi connectivity index (χ3n) is 5.19. The average molecular weight is 503 g/mol. The number of carbonyl (C=O) groups excluding carboxylic acids is 3. The first-order valence-electron chi connectivity index (χ1n) is 11.8. The normalized spacial score (nSPS) is 10.6. The number of ether oxygens (including phenoxy) is 2. The fourth-order valence-corrected chi connectivity index (χ4v) is 3.11. The number of nitrogens with one attached hydrogen (secondary N) is 3. The van der Waals surface area contributed by atoms with E-state index in [0.29, 0.717) is 35.0 Å². The number of aryl methyl sites for hydroxylation is 2. The van der Waals surface area contributed by atoms with Gasteiger partial charge in [-0.2, -0.15) is 5.10 Å². The fraction of sp³-hybridized carbons (Fsp3) is 0.214. The smallest absolute Gasteiger partial charge is 0.329 e. The van der Waals surface area contributed by atoms with Gasteiger partial charge in [0.05, 0.1) is 12.8 Å². The van der Waals surface area contributed by atoms with E-state index < -0.39 is 11.8 Å². The third kappa shape index (κ3) is 8.81. The minimum atomic E-state index is -0.919. The van der Waals surface area contributed by atoms with E-state index in [1.54, 1.807) is 48.5 Å². The standard InChI is InChI=1S/C28H30N4O5/c1-4-14-36-24-12-10-22(11-13-24)31-27(34)28(35)32-29-17-21-6-5-7-25(16-21)37-18-26(33)30-23-9-8-19(2)20(3)15-23/h5-13,15-17H,4,14,18H2,1-3H3,(H,30,33)(H,31,34)(H,32,35)/b29-17-. The summed E-state index contributed by atoms with van der Waals surface area (Å²) in [5.41, 5.74) is 6.18. The van der Waals surface area contributed by atoms with Gasteiger partial charge in [-0.15, -0.1) is 0 Å². The second-order valence-electron chi connectivity index (χ2n) is 8.23. The van der Waals surface area contributed by atoms with E-state index in [1.165, 1.54) is 6.21 Å². The van der Waals surface area contributed by atoms with Crippen molar-refractivity contribution in [1.82, 2.24) is 5.43 Å². The van der Waals surface area contributed by atoms with Crippen molar-refractivity contribution in [2.24, 2.45) is 5.10 Å². The van der Waals surface area contributed by atoms with Crippen LogP contribution < -0.4 is 25.5 Å². The van der Waals surface area contributed by atoms with Gasteiger partial charge < -0.3 is 20.1 Å². The van der Waals surface area contributed by atoms with E-state index in [9.17, 15) is 14.4 Å². The minimum absolute atomic E-state index is 0.171. The molecular formula is C28H30N4O5. The molecule has 0 saturated carbocycles. The Bertz CT molecular complexity index is 1270. The summed E-state index contributed by atoms with van der Waals surface area (Å²) < 4.78 is 11.0. The highest BCUT2D eigenvalue weighted by Gasteiger charge is 2.13. The van der Waals surface area contributed by atoms with Crippen LogP contribution in [0.3, 0.4) is 0 Å². The number of rotatable bonds is 10. The van der Waals surface area contributed by atoms with Gasteiger partial charge in [-0.3, -0.25) is 14.4 Å². The van der Waals surface area contributed by atoms with Gasteiger partial charge in [0.2, 0.25) is 0 Å². The highest BCUT2D eigenvalue weighted by Crippen LogP contribution is 2.17. The first kappa shape index (κ1) is 26.9. The molecule has 0 atom stereocenters. The van der Waals surface area contributed by atoms with Gasteiger partial charge in [0, 0.05) is 11.4 Å². The molecule has 3 amide bonds. The van der Waals surface area contributed by atoms with E-state index in [4.69, 9.17) is 9.47 Å². The second kappa shape index (κ2) is 13.4. The number of nitrogens with zero attached hydrogens (tertiary/aromatic N) is 1. The van der Waals surface area contributed by atoms with Crippen LogP contribution in [0.2, 0.25) is 0 Å². The van der Waals surface area contributed by atoms with Crippen LogP contribution in [-0.4, -0.2) is 37.1 Å². The number of hydrogen-bond acceptors (Lipinski definition) is 6. The van der Waals surface area contributed by atoms with Crippen LogP contribution in [0.1, 0.15) is 30.0 Å². The van der Waals surface area contributed by atoms with Crippen LogP contribution >= 0.6 is 0 Å². The quantitative estimate of drug-likeness (QED) is 0.218. The van der Waals surface area contributed by atoms with Crippen molar-refractivity contribution in [1.29, 1.82) is 0 Å². The number of benzene rings is 3. The molecule has 0 aromatic heterocycles. The maximum Gasteiger partial charge on any atom is 0.329 e. The van der Waals surface area contributed by atoms with Crippen LogP contribution in [0.25, 0.3) is 0 Å². The van der Waals surface area contributed by atoms with Gasteiger partial charge in [-0.05, 0) is 85.5 Å². The summed E-state index contributed by atoms with van der Waals surface area (Å²) in [7, 11) is 0. The van der Waals surface area contributed by atoms with E-state index in [0.717, 1.165) is 17.5 Å². The third-order valence-corrected chi connectivity index (χ3v) is 5.19. The molecule has 0 aliphatic rings. The SMILES string of the molecule is CCCOc1ccc(NC(=O)C(=O)N/N=C\c2cccc(OCC(=O)Nc3ccc(C)c(C)c3)c2)cc1. The van der Waals surface area contributed by atoms with E-state index in [-0.39, 0.29) is 12.5 Å². The average Bonchev–Trinajstić information content (AvgIpc) is 2.89. The molecule has 3 aromatic carbocycles. The van der Waals surface area contributed by atoms with Crippen molar-refractivity contribution in [2.75, 3.05) is 23.8 Å². The Morgan fingerprint density at radius 3 is 2.30 bits per heavy atom. The van der Waals surface area contributed by atoms with Crippen molar-refractivity contribution < 1.29 is 23.9 Å². The van der Waals surface area contributed by atoms with Crippen LogP contribution in [0.4, 0.5) is 11.4 Å². The molecule has 0 aliphatic carbocycles. The van der Waals surface area contributed by atoms with Gasteiger partial charge >= 0.3 is 11.8 Å². The molecule has 0 fully saturated rings. The van der Waals surface area contributed by atoms with Crippen molar-refractivity contribution >= 4 is 35.3 Å². The molecule has 3 N–H and O–H groups in total. The zero-order valence-electron chi connectivity index (χ0n) is 21.0. The minimum Gasteiger partial charge on any atom is -0.494 e. The summed E-state index contributed by atoms with van der Waals surface area (Å²) in [6.07, 6.45) is 2.26.